The van der Waals surface area contributed by atoms with Crippen LogP contribution in [0.5, 0.6) is 5.75 Å². The van der Waals surface area contributed by atoms with Crippen molar-refractivity contribution in [2.24, 2.45) is 0 Å². The minimum Gasteiger partial charge on any atom is -0.493 e. The van der Waals surface area contributed by atoms with Gasteiger partial charge in [0.15, 0.2) is 0 Å². The Morgan fingerprint density at radius 3 is 2.92 bits per heavy atom. The molecule has 25 heavy (non-hydrogen) atoms. The molecule has 1 heterocycles. The van der Waals surface area contributed by atoms with Gasteiger partial charge in [0.2, 0.25) is 0 Å². The Morgan fingerprint density at radius 1 is 1.16 bits per heavy atom. The lowest BCUT2D eigenvalue weighted by molar-refractivity contribution is 0.102. The number of carbonyl (C=O) groups excluding carboxylic acids is 1. The average molecular weight is 331 g/mol. The van der Waals surface area contributed by atoms with Gasteiger partial charge in [-0.3, -0.25) is 9.78 Å². The molecular formula is C20H17N3O2. The highest BCUT2D eigenvalue weighted by atomic mass is 16.5. The van der Waals surface area contributed by atoms with E-state index in [1.807, 2.05) is 42.5 Å². The lowest BCUT2D eigenvalue weighted by Gasteiger charge is -2.10. The standard InChI is InChI=1S/C20H17N3O2/c21-11-3-4-13-25-16-7-5-6-15(14-16)23-20(24)18-10-12-22-19-9-2-1-8-17(18)19/h1-2,5-10,12,14H,3-4,13H2,(H,23,24). The van der Waals surface area contributed by atoms with Crippen molar-refractivity contribution in [3.63, 3.8) is 0 Å². The Balaban J connectivity index is 1.73. The molecule has 0 saturated carbocycles. The number of hydrogen-bond donors (Lipinski definition) is 1. The number of benzene rings is 2. The number of amides is 1. The third kappa shape index (κ3) is 4.12. The third-order valence-electron chi connectivity index (χ3n) is 3.69. The second kappa shape index (κ2) is 7.93. The zero-order valence-electron chi connectivity index (χ0n) is 13.6. The quantitative estimate of drug-likeness (QED) is 0.688. The number of para-hydroxylation sites is 1. The van der Waals surface area contributed by atoms with E-state index in [-0.39, 0.29) is 5.91 Å². The Kier molecular flexibility index (Phi) is 5.22. The summed E-state index contributed by atoms with van der Waals surface area (Å²) >= 11 is 0. The fourth-order valence-corrected chi connectivity index (χ4v) is 2.50. The Morgan fingerprint density at radius 2 is 2.04 bits per heavy atom. The zero-order chi connectivity index (χ0) is 17.5. The first-order chi connectivity index (χ1) is 12.3. The van der Waals surface area contributed by atoms with Crippen LogP contribution in [0.3, 0.4) is 0 Å². The number of anilines is 1. The summed E-state index contributed by atoms with van der Waals surface area (Å²) in [5, 5.41) is 12.2. The van der Waals surface area contributed by atoms with Crippen LogP contribution in [-0.4, -0.2) is 17.5 Å². The highest BCUT2D eigenvalue weighted by Gasteiger charge is 2.11. The van der Waals surface area contributed by atoms with Gasteiger partial charge < -0.3 is 10.1 Å². The molecule has 3 rings (SSSR count). The van der Waals surface area contributed by atoms with E-state index in [2.05, 4.69) is 16.4 Å². The van der Waals surface area contributed by atoms with Gasteiger partial charge >= 0.3 is 0 Å². The number of fused-ring (bicyclic) bond motifs is 1. The van der Waals surface area contributed by atoms with Crippen LogP contribution in [0.15, 0.2) is 60.8 Å². The van der Waals surface area contributed by atoms with Crippen molar-refractivity contribution in [3.05, 3.63) is 66.4 Å². The summed E-state index contributed by atoms with van der Waals surface area (Å²) in [5.74, 6) is 0.468. The predicted octanol–water partition coefficient (Wildman–Crippen LogP) is 4.17. The van der Waals surface area contributed by atoms with Gasteiger partial charge in [-0.1, -0.05) is 24.3 Å². The predicted molar refractivity (Wildman–Crippen MR) is 96.5 cm³/mol. The number of pyridine rings is 1. The molecule has 1 aromatic heterocycles. The van der Waals surface area contributed by atoms with E-state index in [1.54, 1.807) is 18.3 Å². The minimum atomic E-state index is -0.194. The lowest BCUT2D eigenvalue weighted by Crippen LogP contribution is -2.12. The van der Waals surface area contributed by atoms with Crippen LogP contribution in [0.25, 0.3) is 10.9 Å². The number of nitriles is 1. The number of ether oxygens (including phenoxy) is 1. The first-order valence-electron chi connectivity index (χ1n) is 8.03. The van der Waals surface area contributed by atoms with Crippen LogP contribution in [-0.2, 0) is 0 Å². The number of unbranched alkanes of at least 4 members (excludes halogenated alkanes) is 1. The molecule has 0 radical (unpaired) electrons. The Labute approximate surface area is 145 Å². The molecule has 124 valence electrons. The molecule has 0 bridgehead atoms. The van der Waals surface area contributed by atoms with Crippen LogP contribution in [0.4, 0.5) is 5.69 Å². The van der Waals surface area contributed by atoms with E-state index in [1.165, 1.54) is 0 Å². The second-order valence-corrected chi connectivity index (χ2v) is 5.47. The fraction of sp³-hybridized carbons (Fsp3) is 0.150. The van der Waals surface area contributed by atoms with Gasteiger partial charge in [-0.05, 0) is 30.7 Å². The van der Waals surface area contributed by atoms with Gasteiger partial charge in [-0.15, -0.1) is 0 Å². The minimum absolute atomic E-state index is 0.194. The summed E-state index contributed by atoms with van der Waals surface area (Å²) in [7, 11) is 0. The molecule has 5 heteroatoms. The van der Waals surface area contributed by atoms with Crippen molar-refractivity contribution in [2.45, 2.75) is 12.8 Å². The highest BCUT2D eigenvalue weighted by Crippen LogP contribution is 2.21. The second-order valence-electron chi connectivity index (χ2n) is 5.47. The maximum Gasteiger partial charge on any atom is 0.256 e. The summed E-state index contributed by atoms with van der Waals surface area (Å²) in [4.78, 5) is 16.9. The van der Waals surface area contributed by atoms with Crippen molar-refractivity contribution < 1.29 is 9.53 Å². The smallest absolute Gasteiger partial charge is 0.256 e. The molecule has 0 unspecified atom stereocenters. The summed E-state index contributed by atoms with van der Waals surface area (Å²) in [6.45, 7) is 0.472. The van der Waals surface area contributed by atoms with E-state index in [0.29, 0.717) is 36.4 Å². The molecule has 2 aromatic carbocycles. The molecule has 1 N–H and O–H groups in total. The molecule has 3 aromatic rings. The largest absolute Gasteiger partial charge is 0.493 e. The number of hydrogen-bond acceptors (Lipinski definition) is 4. The normalized spacial score (nSPS) is 10.2. The van der Waals surface area contributed by atoms with Gasteiger partial charge in [0.1, 0.15) is 5.75 Å². The van der Waals surface area contributed by atoms with Crippen LogP contribution in [0.2, 0.25) is 0 Å². The molecule has 0 aliphatic carbocycles. The molecule has 0 atom stereocenters. The van der Waals surface area contributed by atoms with Crippen molar-refractivity contribution in [2.75, 3.05) is 11.9 Å². The Bertz CT molecular complexity index is 926. The van der Waals surface area contributed by atoms with Gasteiger partial charge in [0.25, 0.3) is 5.91 Å². The van der Waals surface area contributed by atoms with Crippen molar-refractivity contribution >= 4 is 22.5 Å². The summed E-state index contributed by atoms with van der Waals surface area (Å²) < 4.78 is 5.59. The lowest BCUT2D eigenvalue weighted by atomic mass is 10.1. The van der Waals surface area contributed by atoms with E-state index in [9.17, 15) is 4.79 Å². The van der Waals surface area contributed by atoms with Gasteiger partial charge in [0, 0.05) is 29.8 Å². The van der Waals surface area contributed by atoms with Gasteiger partial charge in [-0.25, -0.2) is 0 Å². The molecule has 0 spiro atoms. The molecule has 0 aliphatic rings. The topological polar surface area (TPSA) is 75.0 Å². The van der Waals surface area contributed by atoms with Crippen LogP contribution < -0.4 is 10.1 Å². The SMILES string of the molecule is N#CCCCOc1cccc(NC(=O)c2ccnc3ccccc23)c1. The Hall–Kier alpha value is -3.39. The van der Waals surface area contributed by atoms with Crippen LogP contribution >= 0.6 is 0 Å². The number of rotatable bonds is 6. The summed E-state index contributed by atoms with van der Waals surface area (Å²) in [6.07, 6.45) is 2.77. The fourth-order valence-electron chi connectivity index (χ4n) is 2.50. The summed E-state index contributed by atoms with van der Waals surface area (Å²) in [5.41, 5.74) is 2.01. The molecule has 0 fully saturated rings. The third-order valence-corrected chi connectivity index (χ3v) is 3.69. The first kappa shape index (κ1) is 16.5. The van der Waals surface area contributed by atoms with Crippen molar-refractivity contribution in [3.8, 4) is 11.8 Å². The van der Waals surface area contributed by atoms with E-state index in [0.717, 1.165) is 10.9 Å². The van der Waals surface area contributed by atoms with Crippen molar-refractivity contribution in [1.82, 2.24) is 4.98 Å². The summed E-state index contributed by atoms with van der Waals surface area (Å²) in [6, 6.07) is 18.5. The number of nitrogens with zero attached hydrogens (tertiary/aromatic N) is 2. The average Bonchev–Trinajstić information content (AvgIpc) is 2.65. The maximum absolute atomic E-state index is 12.6. The molecule has 0 saturated heterocycles. The van der Waals surface area contributed by atoms with Crippen molar-refractivity contribution in [1.29, 1.82) is 5.26 Å². The molecule has 1 amide bonds. The van der Waals surface area contributed by atoms with E-state index in [4.69, 9.17) is 10.00 Å². The van der Waals surface area contributed by atoms with E-state index < -0.39 is 0 Å². The van der Waals surface area contributed by atoms with Gasteiger partial charge in [0.05, 0.1) is 23.8 Å². The maximum atomic E-state index is 12.6. The molecular weight excluding hydrogens is 314 g/mol. The number of aromatic nitrogens is 1. The zero-order valence-corrected chi connectivity index (χ0v) is 13.6. The van der Waals surface area contributed by atoms with E-state index >= 15 is 0 Å². The van der Waals surface area contributed by atoms with Crippen LogP contribution in [0, 0.1) is 11.3 Å². The monoisotopic (exact) mass is 331 g/mol. The van der Waals surface area contributed by atoms with Crippen LogP contribution in [0.1, 0.15) is 23.2 Å². The number of nitrogens with one attached hydrogen (secondary N) is 1. The first-order valence-corrected chi connectivity index (χ1v) is 8.03. The van der Waals surface area contributed by atoms with Gasteiger partial charge in [-0.2, -0.15) is 5.26 Å². The highest BCUT2D eigenvalue weighted by molar-refractivity contribution is 6.12. The molecule has 5 nitrogen and oxygen atoms in total. The molecule has 0 aliphatic heterocycles. The number of carbonyl (C=O) groups is 1.